The maximum absolute atomic E-state index is 12.5. The molecule has 1 amide bonds. The van der Waals surface area contributed by atoms with Crippen LogP contribution in [0.1, 0.15) is 48.7 Å². The van der Waals surface area contributed by atoms with Gasteiger partial charge in [-0.15, -0.1) is 0 Å². The minimum atomic E-state index is -0.425. The van der Waals surface area contributed by atoms with Gasteiger partial charge in [0, 0.05) is 24.3 Å². The van der Waals surface area contributed by atoms with Gasteiger partial charge in [0.15, 0.2) is 0 Å². The second-order valence-electron chi connectivity index (χ2n) is 5.51. The number of nitrogen functional groups attached to an aromatic ring is 1. The van der Waals surface area contributed by atoms with Gasteiger partial charge in [-0.3, -0.25) is 4.79 Å². The summed E-state index contributed by atoms with van der Waals surface area (Å²) in [6.45, 7) is 5.10. The zero-order valence-electron chi connectivity index (χ0n) is 12.0. The Kier molecular flexibility index (Phi) is 4.57. The van der Waals surface area contributed by atoms with Gasteiger partial charge in [-0.2, -0.15) is 0 Å². The first-order valence-electron chi connectivity index (χ1n) is 6.97. The number of pyridine rings is 1. The van der Waals surface area contributed by atoms with E-state index < -0.39 is 6.10 Å². The standard InChI is InChI=1S/C14H22N4O2/c1-9(2)12-6-10(7-13(16-12)17-15)14(20)18-5-3-4-11(19)8-18/h6-7,9,11,19H,3-5,8,15H2,1-2H3,(H,16,17). The number of hydrogen-bond acceptors (Lipinski definition) is 5. The lowest BCUT2D eigenvalue weighted by molar-refractivity contribution is 0.0473. The number of carbonyl (C=O) groups excluding carboxylic acids is 1. The molecule has 1 aromatic heterocycles. The zero-order valence-corrected chi connectivity index (χ0v) is 12.0. The summed E-state index contributed by atoms with van der Waals surface area (Å²) in [5, 5.41) is 9.68. The number of rotatable bonds is 3. The molecular formula is C14H22N4O2. The lowest BCUT2D eigenvalue weighted by atomic mass is 10.0. The maximum Gasteiger partial charge on any atom is 0.254 e. The molecule has 0 aliphatic carbocycles. The summed E-state index contributed by atoms with van der Waals surface area (Å²) >= 11 is 0. The number of aliphatic hydroxyl groups is 1. The molecule has 1 fully saturated rings. The van der Waals surface area contributed by atoms with E-state index in [1.807, 2.05) is 13.8 Å². The summed E-state index contributed by atoms with van der Waals surface area (Å²) in [4.78, 5) is 18.5. The number of β-amino-alcohol motifs (C(OH)–C–C–N with tert-alkyl or cyclic N) is 1. The second kappa shape index (κ2) is 6.19. The van der Waals surface area contributed by atoms with Crippen molar-refractivity contribution in [2.24, 2.45) is 5.84 Å². The first-order chi connectivity index (χ1) is 9.51. The van der Waals surface area contributed by atoms with Gasteiger partial charge >= 0.3 is 0 Å². The number of nitrogens with one attached hydrogen (secondary N) is 1. The number of piperidine rings is 1. The molecule has 0 aromatic carbocycles. The molecule has 1 unspecified atom stereocenters. The summed E-state index contributed by atoms with van der Waals surface area (Å²) in [5.41, 5.74) is 3.88. The molecule has 1 aliphatic heterocycles. The van der Waals surface area contributed by atoms with Crippen LogP contribution in [0.3, 0.4) is 0 Å². The Bertz CT molecular complexity index is 490. The Morgan fingerprint density at radius 3 is 2.90 bits per heavy atom. The highest BCUT2D eigenvalue weighted by Crippen LogP contribution is 2.20. The van der Waals surface area contributed by atoms with Crippen molar-refractivity contribution in [3.63, 3.8) is 0 Å². The number of hydrogen-bond donors (Lipinski definition) is 3. The molecule has 2 heterocycles. The molecule has 0 bridgehead atoms. The summed E-state index contributed by atoms with van der Waals surface area (Å²) in [6.07, 6.45) is 1.16. The van der Waals surface area contributed by atoms with Crippen molar-refractivity contribution in [3.05, 3.63) is 23.4 Å². The summed E-state index contributed by atoms with van der Waals surface area (Å²) in [6, 6.07) is 3.45. The molecule has 1 atom stereocenters. The van der Waals surface area contributed by atoms with Crippen molar-refractivity contribution in [1.82, 2.24) is 9.88 Å². The smallest absolute Gasteiger partial charge is 0.254 e. The van der Waals surface area contributed by atoms with Gasteiger partial charge in [0.2, 0.25) is 0 Å². The van der Waals surface area contributed by atoms with Crippen molar-refractivity contribution in [2.45, 2.75) is 38.7 Å². The van der Waals surface area contributed by atoms with E-state index in [-0.39, 0.29) is 11.8 Å². The molecule has 1 aliphatic rings. The van der Waals surface area contributed by atoms with Gasteiger partial charge in [0.1, 0.15) is 5.82 Å². The quantitative estimate of drug-likeness (QED) is 0.568. The third kappa shape index (κ3) is 3.26. The molecule has 0 radical (unpaired) electrons. The van der Waals surface area contributed by atoms with Crippen LogP contribution >= 0.6 is 0 Å². The average Bonchev–Trinajstić information content (AvgIpc) is 2.45. The number of nitrogens with zero attached hydrogens (tertiary/aromatic N) is 2. The lowest BCUT2D eigenvalue weighted by Gasteiger charge is -2.30. The van der Waals surface area contributed by atoms with E-state index in [1.165, 1.54) is 0 Å². The Labute approximate surface area is 119 Å². The van der Waals surface area contributed by atoms with Crippen LogP contribution in [0.2, 0.25) is 0 Å². The predicted molar refractivity (Wildman–Crippen MR) is 77.3 cm³/mol. The molecular weight excluding hydrogens is 256 g/mol. The highest BCUT2D eigenvalue weighted by Gasteiger charge is 2.24. The van der Waals surface area contributed by atoms with Gasteiger partial charge in [0.05, 0.1) is 6.10 Å². The molecule has 4 N–H and O–H groups in total. The van der Waals surface area contributed by atoms with Gasteiger partial charge in [0.25, 0.3) is 5.91 Å². The van der Waals surface area contributed by atoms with Crippen LogP contribution in [0.25, 0.3) is 0 Å². The fraction of sp³-hybridized carbons (Fsp3) is 0.571. The predicted octanol–water partition coefficient (Wildman–Crippen LogP) is 1.09. The van der Waals surface area contributed by atoms with E-state index in [0.29, 0.717) is 24.5 Å². The molecule has 1 aromatic rings. The van der Waals surface area contributed by atoms with Gasteiger partial charge in [-0.05, 0) is 30.9 Å². The molecule has 110 valence electrons. The van der Waals surface area contributed by atoms with E-state index in [4.69, 9.17) is 5.84 Å². The molecule has 20 heavy (non-hydrogen) atoms. The Hall–Kier alpha value is -1.66. The number of nitrogens with two attached hydrogens (primary N) is 1. The molecule has 0 spiro atoms. The van der Waals surface area contributed by atoms with Crippen molar-refractivity contribution < 1.29 is 9.90 Å². The number of anilines is 1. The summed E-state index contributed by atoms with van der Waals surface area (Å²) < 4.78 is 0. The zero-order chi connectivity index (χ0) is 14.7. The fourth-order valence-electron chi connectivity index (χ4n) is 2.37. The normalized spacial score (nSPS) is 19.2. The van der Waals surface area contributed by atoms with Crippen LogP contribution in [0.5, 0.6) is 0 Å². The van der Waals surface area contributed by atoms with Crippen molar-refractivity contribution in [2.75, 3.05) is 18.5 Å². The van der Waals surface area contributed by atoms with Crippen LogP contribution in [0.4, 0.5) is 5.82 Å². The number of carbonyl (C=O) groups is 1. The minimum absolute atomic E-state index is 0.0791. The largest absolute Gasteiger partial charge is 0.391 e. The van der Waals surface area contributed by atoms with Crippen LogP contribution in [0.15, 0.2) is 12.1 Å². The molecule has 1 saturated heterocycles. The average molecular weight is 278 g/mol. The van der Waals surface area contributed by atoms with Crippen LogP contribution < -0.4 is 11.3 Å². The van der Waals surface area contributed by atoms with Gasteiger partial charge in [-0.25, -0.2) is 10.8 Å². The van der Waals surface area contributed by atoms with Crippen LogP contribution in [0, 0.1) is 0 Å². The lowest BCUT2D eigenvalue weighted by Crippen LogP contribution is -2.42. The topological polar surface area (TPSA) is 91.5 Å². The minimum Gasteiger partial charge on any atom is -0.391 e. The van der Waals surface area contributed by atoms with E-state index >= 15 is 0 Å². The first-order valence-corrected chi connectivity index (χ1v) is 6.97. The van der Waals surface area contributed by atoms with E-state index in [9.17, 15) is 9.90 Å². The second-order valence-corrected chi connectivity index (χ2v) is 5.51. The van der Waals surface area contributed by atoms with Crippen molar-refractivity contribution in [3.8, 4) is 0 Å². The fourth-order valence-corrected chi connectivity index (χ4v) is 2.37. The SMILES string of the molecule is CC(C)c1cc(C(=O)N2CCCC(O)C2)cc(NN)n1. The third-order valence-electron chi connectivity index (χ3n) is 3.52. The number of amides is 1. The van der Waals surface area contributed by atoms with Crippen LogP contribution in [-0.4, -0.2) is 40.1 Å². The van der Waals surface area contributed by atoms with Crippen molar-refractivity contribution in [1.29, 1.82) is 0 Å². The molecule has 0 saturated carbocycles. The van der Waals surface area contributed by atoms with E-state index in [0.717, 1.165) is 18.5 Å². The highest BCUT2D eigenvalue weighted by molar-refractivity contribution is 5.95. The third-order valence-corrected chi connectivity index (χ3v) is 3.52. The number of hydrazine groups is 1. The summed E-state index contributed by atoms with van der Waals surface area (Å²) in [5.74, 6) is 6.03. The van der Waals surface area contributed by atoms with Crippen molar-refractivity contribution >= 4 is 11.7 Å². The molecule has 6 nitrogen and oxygen atoms in total. The number of likely N-dealkylation sites (tertiary alicyclic amines) is 1. The van der Waals surface area contributed by atoms with E-state index in [1.54, 1.807) is 17.0 Å². The monoisotopic (exact) mass is 278 g/mol. The number of aliphatic hydroxyl groups excluding tert-OH is 1. The molecule has 2 rings (SSSR count). The Morgan fingerprint density at radius 1 is 1.55 bits per heavy atom. The Morgan fingerprint density at radius 2 is 2.30 bits per heavy atom. The van der Waals surface area contributed by atoms with E-state index in [2.05, 4.69) is 10.4 Å². The Balaban J connectivity index is 2.26. The number of aromatic nitrogens is 1. The highest BCUT2D eigenvalue weighted by atomic mass is 16.3. The molecule has 6 heteroatoms. The van der Waals surface area contributed by atoms with Gasteiger partial charge in [-0.1, -0.05) is 13.8 Å². The maximum atomic E-state index is 12.5. The van der Waals surface area contributed by atoms with Gasteiger partial charge < -0.3 is 15.4 Å². The summed E-state index contributed by atoms with van der Waals surface area (Å²) in [7, 11) is 0. The van der Waals surface area contributed by atoms with Crippen LogP contribution in [-0.2, 0) is 0 Å². The first kappa shape index (κ1) is 14.7.